The summed E-state index contributed by atoms with van der Waals surface area (Å²) in [6.07, 6.45) is 0. The molecule has 0 aliphatic carbocycles. The van der Waals surface area contributed by atoms with Gasteiger partial charge in [-0.3, -0.25) is 0 Å². The van der Waals surface area contributed by atoms with Gasteiger partial charge in [-0.1, -0.05) is 13.8 Å². The van der Waals surface area contributed by atoms with E-state index in [0.29, 0.717) is 5.69 Å². The van der Waals surface area contributed by atoms with Gasteiger partial charge < -0.3 is 21.1 Å². The Balaban J connectivity index is 2.86. The third kappa shape index (κ3) is 4.42. The van der Waals surface area contributed by atoms with Crippen molar-refractivity contribution in [3.63, 3.8) is 0 Å². The number of rotatable bonds is 6. The molecule has 112 valence electrons. The zero-order valence-corrected chi connectivity index (χ0v) is 12.9. The van der Waals surface area contributed by atoms with Crippen molar-refractivity contribution < 1.29 is 9.90 Å². The van der Waals surface area contributed by atoms with E-state index in [2.05, 4.69) is 24.1 Å². The Morgan fingerprint density at radius 2 is 2.00 bits per heavy atom. The summed E-state index contributed by atoms with van der Waals surface area (Å²) in [7, 11) is 4.08. The average molecular weight is 279 g/mol. The average Bonchev–Trinajstić information content (AvgIpc) is 2.28. The van der Waals surface area contributed by atoms with E-state index in [0.717, 1.165) is 24.3 Å². The Morgan fingerprint density at radius 3 is 2.50 bits per heavy atom. The summed E-state index contributed by atoms with van der Waals surface area (Å²) in [4.78, 5) is 13.3. The highest BCUT2D eigenvalue weighted by Crippen LogP contribution is 2.24. The van der Waals surface area contributed by atoms with Crippen molar-refractivity contribution in [3.8, 4) is 0 Å². The molecule has 0 saturated heterocycles. The summed E-state index contributed by atoms with van der Waals surface area (Å²) in [5.41, 5.74) is 7.92. The molecular formula is C15H25N3O2. The monoisotopic (exact) mass is 279 g/mol. The lowest BCUT2D eigenvalue weighted by Crippen LogP contribution is -2.34. The summed E-state index contributed by atoms with van der Waals surface area (Å²) in [5, 5.41) is 12.5. The van der Waals surface area contributed by atoms with E-state index < -0.39 is 5.97 Å². The molecule has 0 saturated carbocycles. The summed E-state index contributed by atoms with van der Waals surface area (Å²) in [6.45, 7) is 7.86. The second-order valence-corrected chi connectivity index (χ2v) is 6.32. The molecule has 5 heteroatoms. The van der Waals surface area contributed by atoms with E-state index in [1.807, 2.05) is 27.1 Å². The Kier molecular flexibility index (Phi) is 5.00. The number of carboxylic acid groups (broad SMARTS) is 1. The number of nitrogens with zero attached hydrogens (tertiary/aromatic N) is 1. The molecular weight excluding hydrogens is 254 g/mol. The Hall–Kier alpha value is -1.75. The maximum absolute atomic E-state index is 11.2. The third-order valence-electron chi connectivity index (χ3n) is 3.13. The second-order valence-electron chi connectivity index (χ2n) is 6.32. The molecule has 5 nitrogen and oxygen atoms in total. The number of aromatic carboxylic acids is 1. The van der Waals surface area contributed by atoms with Gasteiger partial charge in [0.1, 0.15) is 0 Å². The molecule has 4 N–H and O–H groups in total. The van der Waals surface area contributed by atoms with Crippen LogP contribution in [-0.4, -0.2) is 43.2 Å². The number of benzene rings is 1. The van der Waals surface area contributed by atoms with Gasteiger partial charge >= 0.3 is 5.97 Å². The van der Waals surface area contributed by atoms with Gasteiger partial charge in [0, 0.05) is 24.5 Å². The van der Waals surface area contributed by atoms with Gasteiger partial charge in [0.05, 0.1) is 5.56 Å². The molecule has 20 heavy (non-hydrogen) atoms. The summed E-state index contributed by atoms with van der Waals surface area (Å²) >= 11 is 0. The maximum atomic E-state index is 11.2. The van der Waals surface area contributed by atoms with Crippen LogP contribution in [0.5, 0.6) is 0 Å². The maximum Gasteiger partial charge on any atom is 0.337 e. The molecule has 1 aromatic rings. The second kappa shape index (κ2) is 6.13. The molecule has 0 aromatic heterocycles. The Bertz CT molecular complexity index is 496. The van der Waals surface area contributed by atoms with Gasteiger partial charge in [0.2, 0.25) is 0 Å². The number of hydrogen-bond donors (Lipinski definition) is 3. The number of aryl methyl sites for hydroxylation is 1. The molecule has 0 amide bonds. The fourth-order valence-corrected chi connectivity index (χ4v) is 2.33. The molecule has 0 heterocycles. The standard InChI is InChI=1S/C15H25N3O2/c1-10-6-11(7-12(13(10)16)14(19)20)17-8-15(2,3)9-18(4)5/h6-7,17H,8-9,16H2,1-5H3,(H,19,20). The number of nitrogen functional groups attached to an aromatic ring is 1. The van der Waals surface area contributed by atoms with E-state index in [4.69, 9.17) is 10.8 Å². The molecule has 0 aliphatic heterocycles. The van der Waals surface area contributed by atoms with Crippen LogP contribution >= 0.6 is 0 Å². The molecule has 0 radical (unpaired) electrons. The Morgan fingerprint density at radius 1 is 1.40 bits per heavy atom. The minimum Gasteiger partial charge on any atom is -0.478 e. The lowest BCUT2D eigenvalue weighted by molar-refractivity contribution is 0.0698. The van der Waals surface area contributed by atoms with Crippen LogP contribution in [0.2, 0.25) is 0 Å². The number of hydrogen-bond acceptors (Lipinski definition) is 4. The van der Waals surface area contributed by atoms with Crippen LogP contribution < -0.4 is 11.1 Å². The number of nitrogens with one attached hydrogen (secondary N) is 1. The summed E-state index contributed by atoms with van der Waals surface area (Å²) in [6, 6.07) is 3.48. The highest BCUT2D eigenvalue weighted by molar-refractivity contribution is 5.95. The van der Waals surface area contributed by atoms with E-state index >= 15 is 0 Å². The smallest absolute Gasteiger partial charge is 0.337 e. The van der Waals surface area contributed by atoms with Gasteiger partial charge in [-0.05, 0) is 44.1 Å². The highest BCUT2D eigenvalue weighted by Gasteiger charge is 2.19. The predicted molar refractivity (Wildman–Crippen MR) is 83.4 cm³/mol. The van der Waals surface area contributed by atoms with Gasteiger partial charge in [-0.2, -0.15) is 0 Å². The van der Waals surface area contributed by atoms with Crippen molar-refractivity contribution >= 4 is 17.3 Å². The fourth-order valence-electron chi connectivity index (χ4n) is 2.33. The zero-order chi connectivity index (χ0) is 15.5. The number of carbonyl (C=O) groups is 1. The number of carboxylic acids is 1. The first-order valence-corrected chi connectivity index (χ1v) is 6.64. The summed E-state index contributed by atoms with van der Waals surface area (Å²) in [5.74, 6) is -0.998. The molecule has 0 aliphatic rings. The minimum atomic E-state index is -0.998. The number of nitrogens with two attached hydrogens (primary N) is 1. The van der Waals surface area contributed by atoms with Crippen molar-refractivity contribution in [3.05, 3.63) is 23.3 Å². The van der Waals surface area contributed by atoms with Crippen molar-refractivity contribution in [2.24, 2.45) is 5.41 Å². The van der Waals surface area contributed by atoms with Crippen LogP contribution in [-0.2, 0) is 0 Å². The van der Waals surface area contributed by atoms with E-state index in [1.165, 1.54) is 0 Å². The zero-order valence-electron chi connectivity index (χ0n) is 12.9. The first-order valence-electron chi connectivity index (χ1n) is 6.64. The van der Waals surface area contributed by atoms with Gasteiger partial charge in [-0.15, -0.1) is 0 Å². The van der Waals surface area contributed by atoms with Gasteiger partial charge in [-0.25, -0.2) is 4.79 Å². The van der Waals surface area contributed by atoms with Crippen molar-refractivity contribution in [1.82, 2.24) is 4.90 Å². The van der Waals surface area contributed by atoms with Crippen molar-refractivity contribution in [2.75, 3.05) is 38.2 Å². The Labute approximate surface area is 120 Å². The van der Waals surface area contributed by atoms with Gasteiger partial charge in [0.25, 0.3) is 0 Å². The summed E-state index contributed by atoms with van der Waals surface area (Å²) < 4.78 is 0. The lowest BCUT2D eigenvalue weighted by atomic mass is 9.92. The van der Waals surface area contributed by atoms with Gasteiger partial charge in [0.15, 0.2) is 0 Å². The molecule has 1 rings (SSSR count). The van der Waals surface area contributed by atoms with Crippen LogP contribution in [0.4, 0.5) is 11.4 Å². The lowest BCUT2D eigenvalue weighted by Gasteiger charge is -2.29. The molecule has 1 aromatic carbocycles. The van der Waals surface area contributed by atoms with Crippen LogP contribution in [0, 0.1) is 12.3 Å². The molecule has 0 atom stereocenters. The van der Waals surface area contributed by atoms with Crippen molar-refractivity contribution in [2.45, 2.75) is 20.8 Å². The minimum absolute atomic E-state index is 0.0855. The first-order chi connectivity index (χ1) is 9.12. The predicted octanol–water partition coefficient (Wildman–Crippen LogP) is 2.28. The normalized spacial score (nSPS) is 11.7. The quantitative estimate of drug-likeness (QED) is 0.696. The SMILES string of the molecule is Cc1cc(NCC(C)(C)CN(C)C)cc(C(=O)O)c1N. The fraction of sp³-hybridized carbons (Fsp3) is 0.533. The van der Waals surface area contributed by atoms with Crippen LogP contribution in [0.15, 0.2) is 12.1 Å². The highest BCUT2D eigenvalue weighted by atomic mass is 16.4. The molecule has 0 fully saturated rings. The molecule has 0 bridgehead atoms. The number of anilines is 2. The molecule has 0 spiro atoms. The van der Waals surface area contributed by atoms with E-state index in [9.17, 15) is 4.79 Å². The molecule has 0 unspecified atom stereocenters. The van der Waals surface area contributed by atoms with Crippen LogP contribution in [0.25, 0.3) is 0 Å². The third-order valence-corrected chi connectivity index (χ3v) is 3.13. The van der Waals surface area contributed by atoms with Crippen LogP contribution in [0.3, 0.4) is 0 Å². The van der Waals surface area contributed by atoms with E-state index in [1.54, 1.807) is 6.07 Å². The van der Waals surface area contributed by atoms with Crippen molar-refractivity contribution in [1.29, 1.82) is 0 Å². The van der Waals surface area contributed by atoms with E-state index in [-0.39, 0.29) is 11.0 Å². The largest absolute Gasteiger partial charge is 0.478 e. The topological polar surface area (TPSA) is 78.6 Å². The first kappa shape index (κ1) is 16.3. The van der Waals surface area contributed by atoms with Crippen LogP contribution in [0.1, 0.15) is 29.8 Å².